The Hall–Kier alpha value is -1.99. The first-order chi connectivity index (χ1) is 27.1. The fraction of sp³-hybridized carbons (Fsp3) is 0.900. The zero-order chi connectivity index (χ0) is 45.2. The van der Waals surface area contributed by atoms with Gasteiger partial charge in [0.05, 0.1) is 33.0 Å². The number of ketones is 1. The third-order valence-electron chi connectivity index (χ3n) is 8.46. The first kappa shape index (κ1) is 56.0. The molecule has 58 heavy (non-hydrogen) atoms. The zero-order valence-corrected chi connectivity index (χ0v) is 30.3. The molecule has 2 fully saturated rings. The molecule has 2 rings (SSSR count). The van der Waals surface area contributed by atoms with Crippen molar-refractivity contribution in [2.75, 3.05) is 39.6 Å². The predicted octanol–water partition coefficient (Wildman–Crippen LogP) is -14.5. The number of carbonyl (C=O) groups excluding carboxylic acids is 3. The molecule has 0 amide bonds. The van der Waals surface area contributed by atoms with Crippen LogP contribution in [0.4, 0.5) is 0 Å². The van der Waals surface area contributed by atoms with Crippen molar-refractivity contribution < 1.29 is 141 Å². The number of aliphatic hydroxyl groups excluding tert-OH is 21. The van der Waals surface area contributed by atoms with Gasteiger partial charge in [-0.05, 0) is 0 Å². The molecule has 2 aliphatic rings. The molecule has 2 heterocycles. The molecule has 0 spiro atoms. The highest BCUT2D eigenvalue weighted by Gasteiger charge is 2.48. The van der Waals surface area contributed by atoms with Crippen LogP contribution in [0.2, 0.25) is 0 Å². The Kier molecular flexibility index (Phi) is 26.8. The topological polar surface area (TPSA) is 513 Å². The van der Waals surface area contributed by atoms with E-state index in [1.54, 1.807) is 0 Å². The summed E-state index contributed by atoms with van der Waals surface area (Å²) in [5, 5.41) is 194. The molecule has 0 radical (unpaired) electrons. The number of aliphatic hydroxyl groups is 21. The molecule has 0 aromatic heterocycles. The van der Waals surface area contributed by atoms with Crippen LogP contribution in [-0.4, -0.2) is 294 Å². The van der Waals surface area contributed by atoms with Gasteiger partial charge in [-0.25, -0.2) is 0 Å². The maximum absolute atomic E-state index is 11.3. The van der Waals surface area contributed by atoms with Gasteiger partial charge in [0, 0.05) is 0 Å². The number of hydrogen-bond acceptors (Lipinski definition) is 28. The molecule has 21 atom stereocenters. The largest absolute Gasteiger partial charge is 0.394 e. The molecule has 28 nitrogen and oxygen atoms in total. The Morgan fingerprint density at radius 3 is 1.21 bits per heavy atom. The Morgan fingerprint density at radius 2 is 0.862 bits per heavy atom. The van der Waals surface area contributed by atoms with E-state index >= 15 is 0 Å². The summed E-state index contributed by atoms with van der Waals surface area (Å²) < 4.78 is 20.1. The summed E-state index contributed by atoms with van der Waals surface area (Å²) in [7, 11) is 0. The number of Topliss-reactive ketones (excluding diaryl/α,β-unsaturated/α-hetero) is 1. The lowest BCUT2D eigenvalue weighted by atomic mass is 9.98. The number of rotatable bonds is 21. The normalized spacial score (nSPS) is 33.1. The van der Waals surface area contributed by atoms with Crippen LogP contribution < -0.4 is 0 Å². The first-order valence-electron chi connectivity index (χ1n) is 17.0. The second kappa shape index (κ2) is 27.8. The van der Waals surface area contributed by atoms with Crippen molar-refractivity contribution in [2.24, 2.45) is 0 Å². The van der Waals surface area contributed by atoms with Crippen molar-refractivity contribution in [1.29, 1.82) is 0 Å². The van der Waals surface area contributed by atoms with E-state index in [0.717, 1.165) is 0 Å². The molecule has 2 aliphatic heterocycles. The number of aldehydes is 2. The third-order valence-corrected chi connectivity index (χ3v) is 8.46. The van der Waals surface area contributed by atoms with Gasteiger partial charge in [0.15, 0.2) is 30.9 Å². The van der Waals surface area contributed by atoms with Crippen molar-refractivity contribution in [2.45, 2.75) is 129 Å². The zero-order valence-electron chi connectivity index (χ0n) is 30.3. The second-order valence-corrected chi connectivity index (χ2v) is 12.6. The van der Waals surface area contributed by atoms with Gasteiger partial charge in [0.2, 0.25) is 0 Å². The second-order valence-electron chi connectivity index (χ2n) is 12.6. The lowest BCUT2D eigenvalue weighted by Crippen LogP contribution is -2.61. The van der Waals surface area contributed by atoms with Crippen LogP contribution in [0.25, 0.3) is 0 Å². The Bertz CT molecular complexity index is 1140. The molecule has 21 N–H and O–H groups in total. The van der Waals surface area contributed by atoms with Crippen molar-refractivity contribution in [3.05, 3.63) is 0 Å². The third kappa shape index (κ3) is 15.8. The van der Waals surface area contributed by atoms with E-state index < -0.39 is 174 Å². The monoisotopic (exact) mass is 864 g/mol. The van der Waals surface area contributed by atoms with Crippen molar-refractivity contribution in [3.63, 3.8) is 0 Å². The average molecular weight is 865 g/mol. The van der Waals surface area contributed by atoms with Gasteiger partial charge in [-0.15, -0.1) is 0 Å². The van der Waals surface area contributed by atoms with Gasteiger partial charge < -0.3 is 136 Å². The molecule has 0 aromatic carbocycles. The molecule has 0 aliphatic carbocycles. The minimum absolute atomic E-state index is 0.0258. The van der Waals surface area contributed by atoms with E-state index in [9.17, 15) is 70.6 Å². The van der Waals surface area contributed by atoms with Crippen LogP contribution in [0.1, 0.15) is 0 Å². The molecular formula is C30H56O28. The van der Waals surface area contributed by atoms with Gasteiger partial charge in [-0.1, -0.05) is 0 Å². The van der Waals surface area contributed by atoms with Crippen molar-refractivity contribution in [1.82, 2.24) is 0 Å². The van der Waals surface area contributed by atoms with Crippen molar-refractivity contribution in [3.8, 4) is 0 Å². The summed E-state index contributed by atoms with van der Waals surface area (Å²) in [6, 6.07) is 0. The van der Waals surface area contributed by atoms with E-state index in [4.69, 9.17) is 70.0 Å². The summed E-state index contributed by atoms with van der Waals surface area (Å²) in [6.07, 6.45) is -36.4. The fourth-order valence-corrected chi connectivity index (χ4v) is 4.82. The number of carbonyl (C=O) groups is 3. The maximum Gasteiger partial charge on any atom is 0.189 e. The Balaban J connectivity index is 0.000000885. The van der Waals surface area contributed by atoms with Gasteiger partial charge in [0.1, 0.15) is 123 Å². The summed E-state index contributed by atoms with van der Waals surface area (Å²) in [5.41, 5.74) is 0. The maximum atomic E-state index is 11.3. The highest BCUT2D eigenvalue weighted by atomic mass is 16.7. The van der Waals surface area contributed by atoms with Crippen LogP contribution >= 0.6 is 0 Å². The first-order valence-corrected chi connectivity index (χ1v) is 17.0. The molecule has 0 bridgehead atoms. The number of hydrogen-bond donors (Lipinski definition) is 21. The summed E-state index contributed by atoms with van der Waals surface area (Å²) in [5.74, 6) is -1.12. The van der Waals surface area contributed by atoms with Crippen LogP contribution in [0.15, 0.2) is 0 Å². The minimum Gasteiger partial charge on any atom is -0.394 e. The van der Waals surface area contributed by atoms with E-state index in [0.29, 0.717) is 0 Å². The smallest absolute Gasteiger partial charge is 0.189 e. The summed E-state index contributed by atoms with van der Waals surface area (Å²) in [4.78, 5) is 31.7. The predicted molar refractivity (Wildman–Crippen MR) is 177 cm³/mol. The van der Waals surface area contributed by atoms with Crippen LogP contribution in [0.3, 0.4) is 0 Å². The van der Waals surface area contributed by atoms with E-state index in [1.165, 1.54) is 0 Å². The Labute approximate surface area is 327 Å². The lowest BCUT2D eigenvalue weighted by Gasteiger charge is -2.42. The standard InChI is InChI=1S/2C12H22O11.C6H12O6/c2*13-1-4(16)7(18)11(5(17)2-14)23-12-10(21)9(20)8(19)6(3-15)22-12;7-1-3(9)5(11)6(12)4(10)2-8/h5-15,17-21H,1-3H2;1,4-12,14-21H,2-3H2;1,3-6,8-12H,2H2/t5-,6-,7-,8+,9+,10-,11-,12+;4-,5+,6+,7+,8-,9-,10+,11+,12-;3-,4+,5+,6-/m100/s1. The lowest BCUT2D eigenvalue weighted by molar-refractivity contribution is -0.326. The van der Waals surface area contributed by atoms with Gasteiger partial charge in [-0.3, -0.25) is 4.79 Å². The SMILES string of the molecule is O=C(CO)[C@@H](O)[C@H](O[C@@H]1O[C@H](CO)[C@H](O)[C@H](O)[C@H]1O)[C@H](O)CO.O=C[C@H](O)[C@@H](O)[C@@H](O)[C@H](O)CO.O=C[C@H](O)[C@@H](O)[C@H](O[C@@H]1O[C@H](CO)[C@H](O)[C@H](O)[C@H]1O)[C@H](O)CO. The van der Waals surface area contributed by atoms with Gasteiger partial charge >= 0.3 is 0 Å². The highest BCUT2D eigenvalue weighted by Crippen LogP contribution is 2.26. The average Bonchev–Trinajstić information content (AvgIpc) is 3.24. The molecule has 0 unspecified atom stereocenters. The van der Waals surface area contributed by atoms with Crippen molar-refractivity contribution >= 4 is 18.4 Å². The van der Waals surface area contributed by atoms with Gasteiger partial charge in [0.25, 0.3) is 0 Å². The van der Waals surface area contributed by atoms with Crippen LogP contribution in [0, 0.1) is 0 Å². The molecule has 28 heteroatoms. The van der Waals surface area contributed by atoms with E-state index in [2.05, 4.69) is 0 Å². The quantitative estimate of drug-likeness (QED) is 0.0476. The van der Waals surface area contributed by atoms with Crippen LogP contribution in [-0.2, 0) is 33.3 Å². The van der Waals surface area contributed by atoms with E-state index in [1.807, 2.05) is 0 Å². The number of ether oxygens (including phenoxy) is 4. The molecule has 0 aromatic rings. The molecule has 2 saturated heterocycles. The molecule has 344 valence electrons. The highest BCUT2D eigenvalue weighted by molar-refractivity contribution is 5.84. The molecule has 0 saturated carbocycles. The Morgan fingerprint density at radius 1 is 0.500 bits per heavy atom. The minimum atomic E-state index is -2.05. The molecular weight excluding hydrogens is 808 g/mol. The van der Waals surface area contributed by atoms with Gasteiger partial charge in [-0.2, -0.15) is 0 Å². The fourth-order valence-electron chi connectivity index (χ4n) is 4.82. The van der Waals surface area contributed by atoms with E-state index in [-0.39, 0.29) is 12.6 Å². The summed E-state index contributed by atoms with van der Waals surface area (Å²) in [6.45, 7) is -5.10. The summed E-state index contributed by atoms with van der Waals surface area (Å²) >= 11 is 0. The van der Waals surface area contributed by atoms with Crippen LogP contribution in [0.5, 0.6) is 0 Å².